The Hall–Kier alpha value is -1.26. The van der Waals surface area contributed by atoms with Crippen LogP contribution in [-0.4, -0.2) is 0 Å². The molecule has 0 unspecified atom stereocenters. The molecular weight excluding hydrogens is 120 g/mol. The molecule has 1 radical (unpaired) electrons. The molecule has 0 saturated heterocycles. The van der Waals surface area contributed by atoms with Crippen molar-refractivity contribution in [2.45, 2.75) is 6.42 Å². The van der Waals surface area contributed by atoms with Gasteiger partial charge in [0, 0.05) is 6.08 Å². The van der Waals surface area contributed by atoms with Gasteiger partial charge in [-0.25, -0.2) is 0 Å². The van der Waals surface area contributed by atoms with Crippen LogP contribution in [0.15, 0.2) is 36.1 Å². The van der Waals surface area contributed by atoms with Crippen LogP contribution in [0.2, 0.25) is 0 Å². The number of hydrogen-bond donors (Lipinski definition) is 0. The van der Waals surface area contributed by atoms with Crippen LogP contribution in [0.3, 0.4) is 0 Å². The summed E-state index contributed by atoms with van der Waals surface area (Å²) in [4.78, 5) is 0. The quantitative estimate of drug-likeness (QED) is 0.468. The highest BCUT2D eigenvalue weighted by Crippen LogP contribution is 2.11. The second-order valence-corrected chi connectivity index (χ2v) is 2.33. The van der Waals surface area contributed by atoms with Crippen LogP contribution in [0.25, 0.3) is 0 Å². The Morgan fingerprint density at radius 3 is 3.00 bits per heavy atom. The van der Waals surface area contributed by atoms with Gasteiger partial charge in [-0.15, -0.1) is 5.73 Å². The molecule has 0 aromatic heterocycles. The van der Waals surface area contributed by atoms with Crippen molar-refractivity contribution in [2.24, 2.45) is 0 Å². The highest BCUT2D eigenvalue weighted by atomic mass is 14.0. The molecule has 47 valence electrons. The lowest BCUT2D eigenvalue weighted by molar-refractivity contribution is 1.22. The Morgan fingerprint density at radius 1 is 1.20 bits per heavy atom. The number of fused-ring (bicyclic) bond motifs is 1. The molecule has 2 rings (SSSR count). The lowest BCUT2D eigenvalue weighted by Crippen LogP contribution is -1.89. The Bertz CT molecular complexity index is 302. The minimum Gasteiger partial charge on any atom is -0.115 e. The number of benzene rings is 1. The summed E-state index contributed by atoms with van der Waals surface area (Å²) in [7, 11) is 0. The predicted octanol–water partition coefficient (Wildman–Crippen LogP) is 2.11. The maximum atomic E-state index is 3.06. The largest absolute Gasteiger partial charge is 0.115 e. The molecule has 0 nitrogen and oxygen atoms in total. The fourth-order valence-electron chi connectivity index (χ4n) is 1.11. The Kier molecular flexibility index (Phi) is 1.20. The Balaban J connectivity index is 2.63. The summed E-state index contributed by atoms with van der Waals surface area (Å²) in [6.07, 6.45) is 6.06. The van der Waals surface area contributed by atoms with Crippen molar-refractivity contribution in [1.82, 2.24) is 0 Å². The molecule has 1 aromatic rings. The van der Waals surface area contributed by atoms with Crippen LogP contribution in [0.4, 0.5) is 0 Å². The van der Waals surface area contributed by atoms with Crippen molar-refractivity contribution in [3.8, 4) is 0 Å². The average Bonchev–Trinajstić information content (AvgIpc) is 2.05. The molecule has 0 bridgehead atoms. The van der Waals surface area contributed by atoms with E-state index in [0.717, 1.165) is 6.42 Å². The SMILES string of the molecule is [C]1=C=CCc2ccccc21. The molecule has 10 heavy (non-hydrogen) atoms. The van der Waals surface area contributed by atoms with Gasteiger partial charge in [0.1, 0.15) is 0 Å². The average molecular weight is 127 g/mol. The molecule has 0 aliphatic heterocycles. The summed E-state index contributed by atoms with van der Waals surface area (Å²) in [6.45, 7) is 0. The minimum absolute atomic E-state index is 1.00. The zero-order valence-corrected chi connectivity index (χ0v) is 5.59. The topological polar surface area (TPSA) is 0 Å². The molecule has 1 aromatic carbocycles. The smallest absolute Gasteiger partial charge is 0.0392 e. The van der Waals surface area contributed by atoms with E-state index in [1.54, 1.807) is 0 Å². The highest BCUT2D eigenvalue weighted by Gasteiger charge is 1.98. The summed E-state index contributed by atoms with van der Waals surface area (Å²) in [5, 5.41) is 0. The van der Waals surface area contributed by atoms with Gasteiger partial charge in [-0.3, -0.25) is 0 Å². The van der Waals surface area contributed by atoms with Gasteiger partial charge in [0.05, 0.1) is 0 Å². The first-order valence-corrected chi connectivity index (χ1v) is 3.38. The van der Waals surface area contributed by atoms with Crippen LogP contribution in [-0.2, 0) is 6.42 Å². The lowest BCUT2D eigenvalue weighted by Gasteiger charge is -2.02. The maximum Gasteiger partial charge on any atom is 0.0392 e. The second kappa shape index (κ2) is 2.17. The monoisotopic (exact) mass is 127 g/mol. The summed E-state index contributed by atoms with van der Waals surface area (Å²) >= 11 is 0. The molecule has 0 fully saturated rings. The van der Waals surface area contributed by atoms with Crippen molar-refractivity contribution in [3.63, 3.8) is 0 Å². The molecule has 0 amide bonds. The minimum atomic E-state index is 1.00. The van der Waals surface area contributed by atoms with E-state index in [9.17, 15) is 0 Å². The molecule has 1 aliphatic carbocycles. The van der Waals surface area contributed by atoms with E-state index >= 15 is 0 Å². The first-order valence-electron chi connectivity index (χ1n) is 3.38. The second-order valence-electron chi connectivity index (χ2n) is 2.33. The fourth-order valence-corrected chi connectivity index (χ4v) is 1.11. The summed E-state index contributed by atoms with van der Waals surface area (Å²) in [6, 6.07) is 8.27. The van der Waals surface area contributed by atoms with Crippen LogP contribution in [0.1, 0.15) is 11.1 Å². The Labute approximate surface area is 60.5 Å². The van der Waals surface area contributed by atoms with Gasteiger partial charge in [-0.2, -0.15) is 0 Å². The van der Waals surface area contributed by atoms with E-state index in [1.165, 1.54) is 11.1 Å². The predicted molar refractivity (Wildman–Crippen MR) is 40.6 cm³/mol. The van der Waals surface area contributed by atoms with Gasteiger partial charge in [0.25, 0.3) is 0 Å². The summed E-state index contributed by atoms with van der Waals surface area (Å²) in [5.74, 6) is 0. The van der Waals surface area contributed by atoms with E-state index in [1.807, 2.05) is 12.1 Å². The van der Waals surface area contributed by atoms with Gasteiger partial charge in [-0.1, -0.05) is 24.3 Å². The van der Waals surface area contributed by atoms with Crippen LogP contribution in [0.5, 0.6) is 0 Å². The third kappa shape index (κ3) is 0.792. The number of rotatable bonds is 0. The first kappa shape index (κ1) is 5.52. The van der Waals surface area contributed by atoms with Gasteiger partial charge >= 0.3 is 0 Å². The van der Waals surface area contributed by atoms with Crippen molar-refractivity contribution in [3.05, 3.63) is 53.3 Å². The molecular formula is C10H7. The van der Waals surface area contributed by atoms with Gasteiger partial charge in [0.15, 0.2) is 0 Å². The summed E-state index contributed by atoms with van der Waals surface area (Å²) < 4.78 is 0. The first-order chi connectivity index (χ1) is 4.97. The van der Waals surface area contributed by atoms with E-state index in [2.05, 4.69) is 30.0 Å². The molecule has 0 atom stereocenters. The highest BCUT2D eigenvalue weighted by molar-refractivity contribution is 5.35. The van der Waals surface area contributed by atoms with Crippen molar-refractivity contribution in [2.75, 3.05) is 0 Å². The van der Waals surface area contributed by atoms with Crippen molar-refractivity contribution < 1.29 is 0 Å². The van der Waals surface area contributed by atoms with E-state index < -0.39 is 0 Å². The molecule has 0 saturated carbocycles. The standard InChI is InChI=1S/C10H7/c1-2-6-10-8-4-3-7-9(10)5-1/h1-3,5-6H,7H2. The normalized spacial score (nSPS) is 13.2. The van der Waals surface area contributed by atoms with Gasteiger partial charge < -0.3 is 0 Å². The molecule has 0 heteroatoms. The third-order valence-corrected chi connectivity index (χ3v) is 1.65. The van der Waals surface area contributed by atoms with Crippen molar-refractivity contribution >= 4 is 0 Å². The van der Waals surface area contributed by atoms with Crippen LogP contribution < -0.4 is 0 Å². The molecule has 0 spiro atoms. The molecule has 0 N–H and O–H groups in total. The molecule has 1 aliphatic rings. The van der Waals surface area contributed by atoms with Gasteiger partial charge in [-0.05, 0) is 23.6 Å². The third-order valence-electron chi connectivity index (χ3n) is 1.65. The van der Waals surface area contributed by atoms with E-state index in [-0.39, 0.29) is 0 Å². The zero-order valence-electron chi connectivity index (χ0n) is 5.59. The number of allylic oxidation sites excluding steroid dienone is 1. The zero-order chi connectivity index (χ0) is 6.81. The van der Waals surface area contributed by atoms with Gasteiger partial charge in [0.2, 0.25) is 0 Å². The maximum absolute atomic E-state index is 3.06. The number of hydrogen-bond acceptors (Lipinski definition) is 0. The van der Waals surface area contributed by atoms with Crippen molar-refractivity contribution in [1.29, 1.82) is 0 Å². The van der Waals surface area contributed by atoms with Crippen LogP contribution >= 0.6 is 0 Å². The summed E-state index contributed by atoms with van der Waals surface area (Å²) in [5.41, 5.74) is 5.50. The van der Waals surface area contributed by atoms with E-state index in [4.69, 9.17) is 0 Å². The lowest BCUT2D eigenvalue weighted by atomic mass is 10.0. The van der Waals surface area contributed by atoms with Crippen LogP contribution in [0, 0.1) is 6.08 Å². The Morgan fingerprint density at radius 2 is 2.10 bits per heavy atom. The van der Waals surface area contributed by atoms with E-state index in [0.29, 0.717) is 0 Å². The molecule has 0 heterocycles. The fraction of sp³-hybridized carbons (Fsp3) is 0.100.